The summed E-state index contributed by atoms with van der Waals surface area (Å²) in [4.78, 5) is 0. The third-order valence-electron chi connectivity index (χ3n) is 1.63. The molecule has 2 atom stereocenters. The van der Waals surface area contributed by atoms with Crippen LogP contribution in [0.1, 0.15) is 13.8 Å². The zero-order chi connectivity index (χ0) is 11.2. The quantitative estimate of drug-likeness (QED) is 0.471. The second-order valence-corrected chi connectivity index (χ2v) is 12.5. The van der Waals surface area contributed by atoms with Crippen LogP contribution < -0.4 is 0 Å². The predicted molar refractivity (Wildman–Crippen MR) is 77.8 cm³/mol. The second-order valence-electron chi connectivity index (χ2n) is 4.90. The Morgan fingerprint density at radius 1 is 1.13 bits per heavy atom. The van der Waals surface area contributed by atoms with Crippen LogP contribution in [0.5, 0.6) is 0 Å². The van der Waals surface area contributed by atoms with E-state index in [2.05, 4.69) is 46.9 Å². The molecule has 1 N–H and O–H groups in total. The number of hydrogen-bond acceptors (Lipinski definition) is 1. The van der Waals surface area contributed by atoms with Gasteiger partial charge in [0.05, 0.1) is 11.8 Å². The summed E-state index contributed by atoms with van der Waals surface area (Å²) in [6, 6.07) is 0. The van der Waals surface area contributed by atoms with Crippen molar-refractivity contribution in [1.82, 2.24) is 0 Å². The van der Waals surface area contributed by atoms with E-state index in [1.54, 1.807) is 0 Å². The summed E-state index contributed by atoms with van der Waals surface area (Å²) in [6.07, 6.45) is -0.112. The molecule has 0 fully saturated rings. The van der Waals surface area contributed by atoms with Crippen LogP contribution in [0.15, 0.2) is 0 Å². The molecule has 0 heterocycles. The first-order valence-electron chi connectivity index (χ1n) is 4.69. The third-order valence-corrected chi connectivity index (χ3v) is 3.94. The van der Waals surface area contributed by atoms with E-state index in [1.165, 1.54) is 0 Å². The first-order chi connectivity index (χ1) is 5.55. The van der Waals surface area contributed by atoms with Crippen LogP contribution in [0.2, 0.25) is 0 Å². The van der Waals surface area contributed by atoms with Crippen LogP contribution >= 0.6 is 15.2 Å². The normalized spacial score (nSPS) is 14.0. The van der Waals surface area contributed by atoms with Crippen molar-refractivity contribution < 1.29 is 21.6 Å². The first kappa shape index (κ1) is 25.2. The van der Waals surface area contributed by atoms with Crippen molar-refractivity contribution in [2.24, 2.45) is 0 Å². The van der Waals surface area contributed by atoms with E-state index in [1.807, 2.05) is 6.92 Å². The smallest absolute Gasteiger partial charge is 0.389 e. The molecule has 0 spiro atoms. The van der Waals surface area contributed by atoms with E-state index >= 15 is 0 Å². The number of aliphatic hydroxyl groups excluding tert-OH is 1. The molecule has 0 aliphatic heterocycles. The maximum Gasteiger partial charge on any atom is 2.00 e. The maximum atomic E-state index is 9.02. The van der Waals surface area contributed by atoms with Gasteiger partial charge in [-0.15, -0.1) is 7.26 Å². The maximum absolute atomic E-state index is 9.02. The Kier molecular flexibility index (Phi) is 19.8. The molecule has 0 aliphatic carbocycles. The van der Waals surface area contributed by atoms with E-state index in [9.17, 15) is 0 Å². The van der Waals surface area contributed by atoms with Gasteiger partial charge in [0.1, 0.15) is 0 Å². The van der Waals surface area contributed by atoms with E-state index < -0.39 is 7.26 Å². The Labute approximate surface area is 110 Å². The molecule has 0 radical (unpaired) electrons. The summed E-state index contributed by atoms with van der Waals surface area (Å²) >= 11 is 0. The van der Waals surface area contributed by atoms with Gasteiger partial charge in [-0.05, 0) is 13.8 Å². The Morgan fingerprint density at radius 3 is 1.33 bits per heavy atom. The van der Waals surface area contributed by atoms with Crippen LogP contribution in [-0.4, -0.2) is 50.2 Å². The van der Waals surface area contributed by atoms with E-state index in [0.29, 0.717) is 5.66 Å². The molecule has 0 aromatic rings. The topological polar surface area (TPSA) is 20.2 Å². The van der Waals surface area contributed by atoms with Gasteiger partial charge in [-0.25, -0.2) is 0 Å². The SMILES string of the molecule is CC(O)C(C)[PH+](C)C.[CH2-][P+](C)(C)C.[CH3-].[Ni+2]. The molecule has 15 heavy (non-hydrogen) atoms. The largest absolute Gasteiger partial charge is 2.00 e. The Morgan fingerprint density at radius 2 is 1.33 bits per heavy atom. The summed E-state index contributed by atoms with van der Waals surface area (Å²) in [5.74, 6) is 0. The molecule has 0 aromatic heterocycles. The van der Waals surface area contributed by atoms with Crippen molar-refractivity contribution in [1.29, 1.82) is 0 Å². The summed E-state index contributed by atoms with van der Waals surface area (Å²) in [5.41, 5.74) is 0.528. The zero-order valence-corrected chi connectivity index (χ0v) is 14.5. The van der Waals surface area contributed by atoms with Crippen LogP contribution in [0.25, 0.3) is 0 Å². The van der Waals surface area contributed by atoms with Crippen molar-refractivity contribution in [3.63, 3.8) is 0 Å². The van der Waals surface area contributed by atoms with Gasteiger partial charge in [0.25, 0.3) is 0 Å². The van der Waals surface area contributed by atoms with Gasteiger partial charge in [0.15, 0.2) is 0 Å². The fraction of sp³-hybridized carbons (Fsp3) is 0.818. The van der Waals surface area contributed by atoms with E-state index in [-0.39, 0.29) is 37.9 Å². The average Bonchev–Trinajstić information content (AvgIpc) is 1.81. The molecule has 1 nitrogen and oxygen atoms in total. The first-order valence-corrected chi connectivity index (χ1v) is 10.6. The van der Waals surface area contributed by atoms with Crippen molar-refractivity contribution in [3.8, 4) is 0 Å². The number of hydrogen-bond donors (Lipinski definition) is 1. The minimum absolute atomic E-state index is 0. The summed E-state index contributed by atoms with van der Waals surface area (Å²) in [6.45, 7) is 18.9. The number of rotatable bonds is 2. The number of aliphatic hydroxyl groups is 1. The molecule has 0 aliphatic rings. The second kappa shape index (κ2) is 11.8. The van der Waals surface area contributed by atoms with Gasteiger partial charge in [-0.2, -0.15) is 6.66 Å². The molecular formula is C11H30NiOP2+2. The monoisotopic (exact) mass is 298 g/mol. The molecule has 0 bridgehead atoms. The van der Waals surface area contributed by atoms with Crippen molar-refractivity contribution in [2.75, 3.05) is 33.3 Å². The fourth-order valence-corrected chi connectivity index (χ4v) is 1.45. The van der Waals surface area contributed by atoms with Crippen LogP contribution in [0.3, 0.4) is 0 Å². The Bertz CT molecular complexity index is 108. The average molecular weight is 299 g/mol. The molecule has 98 valence electrons. The molecule has 2 unspecified atom stereocenters. The van der Waals surface area contributed by atoms with E-state index in [0.717, 1.165) is 0 Å². The zero-order valence-electron chi connectivity index (χ0n) is 11.6. The van der Waals surface area contributed by atoms with Gasteiger partial charge in [-0.1, -0.05) is 0 Å². The Hall–Kier alpha value is 1.31. The van der Waals surface area contributed by atoms with Gasteiger partial charge in [0, 0.05) is 41.2 Å². The predicted octanol–water partition coefficient (Wildman–Crippen LogP) is 3.36. The minimum Gasteiger partial charge on any atom is -0.389 e. The summed E-state index contributed by atoms with van der Waals surface area (Å²) in [7, 11) is -0.901. The molecule has 0 amide bonds. The molecule has 0 rings (SSSR count). The molecule has 0 aromatic carbocycles. The van der Waals surface area contributed by atoms with Gasteiger partial charge in [-0.3, -0.25) is 0 Å². The third kappa shape index (κ3) is 31.3. The van der Waals surface area contributed by atoms with Crippen LogP contribution in [-0.2, 0) is 16.5 Å². The summed E-state index contributed by atoms with van der Waals surface area (Å²) < 4.78 is 0. The van der Waals surface area contributed by atoms with E-state index in [4.69, 9.17) is 5.11 Å². The van der Waals surface area contributed by atoms with Crippen LogP contribution in [0, 0.1) is 14.1 Å². The minimum atomic E-state index is -0.639. The standard InChI is InChI=1S/C6H15OP.C4H11P.CH3.Ni/c1-5(7)6(2)8(3)4;1-5(2,3)4;;/h5-7H,1-4H3;1H2,2-4H3;1H3;/q;;-1;+2/p+1. The van der Waals surface area contributed by atoms with Crippen molar-refractivity contribution in [2.45, 2.75) is 25.6 Å². The fourth-order valence-electron chi connectivity index (χ4n) is 0.482. The summed E-state index contributed by atoms with van der Waals surface area (Å²) in [5, 5.41) is 9.02. The van der Waals surface area contributed by atoms with Gasteiger partial charge >= 0.3 is 16.5 Å². The van der Waals surface area contributed by atoms with Crippen molar-refractivity contribution >= 4 is 15.2 Å². The molecule has 4 heteroatoms. The Balaban J connectivity index is -0.0000000770. The van der Waals surface area contributed by atoms with Gasteiger partial charge in [0.2, 0.25) is 0 Å². The van der Waals surface area contributed by atoms with Crippen molar-refractivity contribution in [3.05, 3.63) is 14.1 Å². The molecule has 0 saturated carbocycles. The molecular weight excluding hydrogens is 269 g/mol. The van der Waals surface area contributed by atoms with Crippen LogP contribution in [0.4, 0.5) is 0 Å². The van der Waals surface area contributed by atoms with Gasteiger partial charge < -0.3 is 12.5 Å². The molecule has 0 saturated heterocycles.